The van der Waals surface area contributed by atoms with Crippen molar-refractivity contribution in [3.63, 3.8) is 0 Å². The molecule has 5 heterocycles. The Morgan fingerprint density at radius 3 is 2.58 bits per heavy atom. The van der Waals surface area contributed by atoms with Crippen LogP contribution < -0.4 is 25.0 Å². The van der Waals surface area contributed by atoms with Crippen LogP contribution >= 0.6 is 0 Å². The molecule has 3 aromatic rings. The van der Waals surface area contributed by atoms with Gasteiger partial charge in [0.25, 0.3) is 11.8 Å². The Morgan fingerprint density at radius 2 is 1.91 bits per heavy atom. The van der Waals surface area contributed by atoms with Gasteiger partial charge in [-0.3, -0.25) is 9.59 Å². The number of ether oxygens (including phenoxy) is 2. The summed E-state index contributed by atoms with van der Waals surface area (Å²) in [6, 6.07) is 9.43. The van der Waals surface area contributed by atoms with Crippen molar-refractivity contribution in [3.8, 4) is 23.0 Å². The first-order chi connectivity index (χ1) is 21.6. The maximum atomic E-state index is 13.8. The average molecular weight is 628 g/mol. The highest BCUT2D eigenvalue weighted by Crippen LogP contribution is 2.34. The van der Waals surface area contributed by atoms with Crippen LogP contribution in [-0.4, -0.2) is 90.2 Å². The first-order valence-electron chi connectivity index (χ1n) is 14.9. The molecule has 0 radical (unpaired) electrons. The molecule has 3 aromatic heterocycles. The summed E-state index contributed by atoms with van der Waals surface area (Å²) in [5.74, 6) is -0.954. The van der Waals surface area contributed by atoms with Gasteiger partial charge < -0.3 is 29.9 Å². The van der Waals surface area contributed by atoms with Gasteiger partial charge in [-0.1, -0.05) is 6.92 Å². The predicted molar refractivity (Wildman–Crippen MR) is 160 cm³/mol. The third kappa shape index (κ3) is 6.95. The number of rotatable bonds is 10. The maximum absolute atomic E-state index is 13.8. The predicted octanol–water partition coefficient (Wildman–Crippen LogP) is 3.80. The Labute approximate surface area is 259 Å². The fraction of sp³-hybridized carbons (Fsp3) is 0.452. The molecule has 240 valence electrons. The topological polar surface area (TPSA) is 122 Å². The van der Waals surface area contributed by atoms with Crippen LogP contribution in [-0.2, 0) is 6.18 Å². The molecule has 45 heavy (non-hydrogen) atoms. The largest absolute Gasteiger partial charge is 0.481 e. The van der Waals surface area contributed by atoms with Crippen LogP contribution in [0.2, 0.25) is 0 Å². The number of nitrogens with zero attached hydrogens (tertiary/aromatic N) is 5. The highest BCUT2D eigenvalue weighted by molar-refractivity contribution is 5.99. The van der Waals surface area contributed by atoms with Gasteiger partial charge in [0.2, 0.25) is 11.8 Å². The first kappa shape index (κ1) is 31.9. The van der Waals surface area contributed by atoms with Crippen molar-refractivity contribution in [1.82, 2.24) is 30.5 Å². The van der Waals surface area contributed by atoms with E-state index < -0.39 is 23.3 Å². The van der Waals surface area contributed by atoms with Crippen LogP contribution in [0.1, 0.15) is 53.2 Å². The average Bonchev–Trinajstić information content (AvgIpc) is 3.02. The number of anilines is 1. The SMILES string of the molecule is CCOc1ncccc1-c1ccc(N2CCN(C(=O)c3ccc(OC)nc3C(F)(F)F)C[C@H]2CC)c(C(=O)NC[C@@H]2CCN2)n1. The molecule has 2 atom stereocenters. The molecule has 14 heteroatoms. The molecule has 2 amide bonds. The Bertz CT molecular complexity index is 1530. The summed E-state index contributed by atoms with van der Waals surface area (Å²) >= 11 is 0. The van der Waals surface area contributed by atoms with E-state index in [0.29, 0.717) is 42.4 Å². The van der Waals surface area contributed by atoms with E-state index in [1.165, 1.54) is 18.1 Å². The number of aromatic nitrogens is 3. The normalized spacial score (nSPS) is 18.3. The Morgan fingerprint density at radius 1 is 1.11 bits per heavy atom. The maximum Gasteiger partial charge on any atom is 0.434 e. The second kappa shape index (κ2) is 13.7. The van der Waals surface area contributed by atoms with Crippen LogP contribution in [0.3, 0.4) is 0 Å². The zero-order valence-corrected chi connectivity index (χ0v) is 25.4. The Kier molecular flexibility index (Phi) is 9.71. The van der Waals surface area contributed by atoms with Crippen LogP contribution in [0.4, 0.5) is 18.9 Å². The van der Waals surface area contributed by atoms with Gasteiger partial charge in [-0.25, -0.2) is 15.0 Å². The minimum atomic E-state index is -4.84. The molecular formula is C31H36F3N7O4. The van der Waals surface area contributed by atoms with Crippen molar-refractivity contribution in [3.05, 3.63) is 59.5 Å². The molecule has 0 aromatic carbocycles. The second-order valence-electron chi connectivity index (χ2n) is 10.8. The smallest absolute Gasteiger partial charge is 0.434 e. The summed E-state index contributed by atoms with van der Waals surface area (Å²) < 4.78 is 52.1. The lowest BCUT2D eigenvalue weighted by Crippen LogP contribution is -2.55. The number of piperazine rings is 1. The monoisotopic (exact) mass is 627 g/mol. The van der Waals surface area contributed by atoms with E-state index in [1.807, 2.05) is 30.9 Å². The number of carbonyl (C=O) groups excluding carboxylic acids is 2. The Balaban J connectivity index is 1.45. The van der Waals surface area contributed by atoms with E-state index >= 15 is 0 Å². The van der Waals surface area contributed by atoms with Crippen molar-refractivity contribution >= 4 is 17.5 Å². The summed E-state index contributed by atoms with van der Waals surface area (Å²) in [5, 5.41) is 6.25. The van der Waals surface area contributed by atoms with Crippen molar-refractivity contribution in [2.45, 2.75) is 44.9 Å². The third-order valence-corrected chi connectivity index (χ3v) is 7.98. The van der Waals surface area contributed by atoms with Gasteiger partial charge in [0, 0.05) is 50.5 Å². The molecule has 0 spiro atoms. The summed E-state index contributed by atoms with van der Waals surface area (Å²) in [5.41, 5.74) is 0.0934. The number of hydrogen-bond acceptors (Lipinski definition) is 9. The van der Waals surface area contributed by atoms with Gasteiger partial charge in [0.05, 0.1) is 36.2 Å². The Hall–Kier alpha value is -4.46. The van der Waals surface area contributed by atoms with Crippen LogP contribution in [0.15, 0.2) is 42.6 Å². The number of halogens is 3. The fourth-order valence-electron chi connectivity index (χ4n) is 5.48. The molecule has 0 unspecified atom stereocenters. The lowest BCUT2D eigenvalue weighted by Gasteiger charge is -2.43. The quantitative estimate of drug-likeness (QED) is 0.346. The molecule has 2 N–H and O–H groups in total. The molecule has 2 aliphatic rings. The van der Waals surface area contributed by atoms with E-state index in [4.69, 9.17) is 14.5 Å². The molecule has 2 fully saturated rings. The number of nitrogens with one attached hydrogen (secondary N) is 2. The fourth-order valence-corrected chi connectivity index (χ4v) is 5.48. The van der Waals surface area contributed by atoms with E-state index in [9.17, 15) is 22.8 Å². The second-order valence-corrected chi connectivity index (χ2v) is 10.8. The number of pyridine rings is 3. The van der Waals surface area contributed by atoms with Gasteiger partial charge in [-0.2, -0.15) is 13.2 Å². The van der Waals surface area contributed by atoms with Gasteiger partial charge in [0.15, 0.2) is 11.4 Å². The molecule has 2 aliphatic heterocycles. The van der Waals surface area contributed by atoms with Crippen molar-refractivity contribution in [2.75, 3.05) is 51.3 Å². The molecule has 5 rings (SSSR count). The van der Waals surface area contributed by atoms with E-state index in [1.54, 1.807) is 18.3 Å². The molecule has 0 aliphatic carbocycles. The number of amides is 2. The minimum Gasteiger partial charge on any atom is -0.481 e. The summed E-state index contributed by atoms with van der Waals surface area (Å²) in [4.78, 5) is 43.1. The number of carbonyl (C=O) groups is 2. The zero-order valence-electron chi connectivity index (χ0n) is 25.4. The van der Waals surface area contributed by atoms with Crippen molar-refractivity contribution < 1.29 is 32.2 Å². The lowest BCUT2D eigenvalue weighted by molar-refractivity contribution is -0.141. The highest BCUT2D eigenvalue weighted by Gasteiger charge is 2.40. The van der Waals surface area contributed by atoms with Gasteiger partial charge in [-0.15, -0.1) is 0 Å². The van der Waals surface area contributed by atoms with Gasteiger partial charge in [0.1, 0.15) is 0 Å². The molecule has 11 nitrogen and oxygen atoms in total. The van der Waals surface area contributed by atoms with Gasteiger partial charge >= 0.3 is 6.18 Å². The zero-order chi connectivity index (χ0) is 32.1. The van der Waals surface area contributed by atoms with Crippen LogP contribution in [0.5, 0.6) is 11.8 Å². The molecule has 0 bridgehead atoms. The first-order valence-corrected chi connectivity index (χ1v) is 14.9. The standard InChI is InChI=1S/C31H36F3N7O4/c1-4-20-18-40(30(43)22-8-11-25(44-3)39-27(22)31(32,33)34)15-16-41(20)24-10-9-23(21-7-6-13-36-29(21)45-5-2)38-26(24)28(42)37-17-19-12-14-35-19/h6-11,13,19-20,35H,4-5,12,14-18H2,1-3H3,(H,37,42)/t19-,20+/m0/s1. The number of hydrogen-bond donors (Lipinski definition) is 2. The molecular weight excluding hydrogens is 591 g/mol. The summed E-state index contributed by atoms with van der Waals surface area (Å²) in [6.45, 7) is 6.08. The van der Waals surface area contributed by atoms with E-state index in [-0.39, 0.29) is 49.2 Å². The van der Waals surface area contributed by atoms with Gasteiger partial charge in [-0.05, 0) is 56.6 Å². The van der Waals surface area contributed by atoms with Crippen molar-refractivity contribution in [2.24, 2.45) is 0 Å². The van der Waals surface area contributed by atoms with Crippen molar-refractivity contribution in [1.29, 1.82) is 0 Å². The third-order valence-electron chi connectivity index (χ3n) is 7.98. The van der Waals surface area contributed by atoms with E-state index in [2.05, 4.69) is 20.6 Å². The minimum absolute atomic E-state index is 0.130. The highest BCUT2D eigenvalue weighted by atomic mass is 19.4. The van der Waals surface area contributed by atoms with Crippen LogP contribution in [0.25, 0.3) is 11.3 Å². The lowest BCUT2D eigenvalue weighted by atomic mass is 10.0. The van der Waals surface area contributed by atoms with Crippen LogP contribution in [0, 0.1) is 0 Å². The van der Waals surface area contributed by atoms with E-state index in [0.717, 1.165) is 19.0 Å². The summed E-state index contributed by atoms with van der Waals surface area (Å²) in [6.07, 6.45) is -1.70. The summed E-state index contributed by atoms with van der Waals surface area (Å²) in [7, 11) is 1.21. The number of methoxy groups -OCH3 is 1. The number of alkyl halides is 3. The molecule has 2 saturated heterocycles. The molecule has 0 saturated carbocycles.